The lowest BCUT2D eigenvalue weighted by Crippen LogP contribution is -2.50. The monoisotopic (exact) mass is 254 g/mol. The highest BCUT2D eigenvalue weighted by Crippen LogP contribution is 2.09. The number of amides is 2. The summed E-state index contributed by atoms with van der Waals surface area (Å²) in [6.45, 7) is 6.51. The second-order valence-corrected chi connectivity index (χ2v) is 4.64. The highest BCUT2D eigenvalue weighted by Gasteiger charge is 2.23. The van der Waals surface area contributed by atoms with Crippen molar-refractivity contribution in [1.29, 1.82) is 0 Å². The van der Waals surface area contributed by atoms with Gasteiger partial charge in [0.15, 0.2) is 0 Å². The fourth-order valence-electron chi connectivity index (χ4n) is 1.46. The minimum atomic E-state index is -0.594. The van der Waals surface area contributed by atoms with Gasteiger partial charge in [0.2, 0.25) is 0 Å². The van der Waals surface area contributed by atoms with Crippen LogP contribution >= 0.6 is 0 Å². The molecule has 1 aromatic rings. The second-order valence-electron chi connectivity index (χ2n) is 4.64. The molecule has 6 heteroatoms. The highest BCUT2D eigenvalue weighted by atomic mass is 16.3. The number of aryl methyl sites for hydroxylation is 1. The minimum Gasteiger partial charge on any atom is -0.394 e. The molecule has 0 aliphatic heterocycles. The molecule has 102 valence electrons. The van der Waals surface area contributed by atoms with Gasteiger partial charge in [-0.15, -0.1) is 0 Å². The van der Waals surface area contributed by atoms with Crippen molar-refractivity contribution in [2.45, 2.75) is 45.7 Å². The molecule has 0 fully saturated rings. The van der Waals surface area contributed by atoms with E-state index in [1.807, 2.05) is 6.92 Å². The van der Waals surface area contributed by atoms with E-state index < -0.39 is 5.54 Å². The Balaban J connectivity index is 2.53. The summed E-state index contributed by atoms with van der Waals surface area (Å²) in [5.41, 5.74) is 0.0566. The van der Waals surface area contributed by atoms with Crippen LogP contribution in [0.2, 0.25) is 0 Å². The van der Waals surface area contributed by atoms with E-state index in [0.717, 1.165) is 13.0 Å². The summed E-state index contributed by atoms with van der Waals surface area (Å²) < 4.78 is 1.78. The Morgan fingerprint density at radius 1 is 1.56 bits per heavy atom. The molecule has 0 radical (unpaired) electrons. The van der Waals surface area contributed by atoms with E-state index in [-0.39, 0.29) is 12.6 Å². The third-order valence-corrected chi connectivity index (χ3v) is 2.89. The molecule has 18 heavy (non-hydrogen) atoms. The van der Waals surface area contributed by atoms with E-state index in [4.69, 9.17) is 0 Å². The number of hydrogen-bond donors (Lipinski definition) is 3. The van der Waals surface area contributed by atoms with Gasteiger partial charge in [-0.1, -0.05) is 13.8 Å². The van der Waals surface area contributed by atoms with Crippen LogP contribution in [0.5, 0.6) is 0 Å². The van der Waals surface area contributed by atoms with Crippen molar-refractivity contribution in [3.05, 3.63) is 12.4 Å². The molecule has 0 aliphatic rings. The number of aromatic nitrogens is 2. The molecule has 1 heterocycles. The van der Waals surface area contributed by atoms with Crippen LogP contribution in [-0.2, 0) is 6.54 Å². The average Bonchev–Trinajstić information content (AvgIpc) is 2.76. The Kier molecular flexibility index (Phi) is 5.15. The third kappa shape index (κ3) is 4.03. The zero-order chi connectivity index (χ0) is 13.6. The van der Waals surface area contributed by atoms with Crippen LogP contribution in [0.15, 0.2) is 12.4 Å². The van der Waals surface area contributed by atoms with E-state index in [1.165, 1.54) is 0 Å². The molecule has 0 bridgehead atoms. The molecular weight excluding hydrogens is 232 g/mol. The van der Waals surface area contributed by atoms with Crippen molar-refractivity contribution in [2.75, 3.05) is 11.9 Å². The first-order valence-corrected chi connectivity index (χ1v) is 6.25. The van der Waals surface area contributed by atoms with Crippen molar-refractivity contribution in [3.8, 4) is 0 Å². The lowest BCUT2D eigenvalue weighted by molar-refractivity contribution is 0.172. The molecule has 1 unspecified atom stereocenters. The number of carbonyl (C=O) groups is 1. The summed E-state index contributed by atoms with van der Waals surface area (Å²) in [5, 5.41) is 18.8. The normalized spacial score (nSPS) is 14.0. The number of rotatable bonds is 6. The average molecular weight is 254 g/mol. The zero-order valence-electron chi connectivity index (χ0n) is 11.2. The fraction of sp³-hybridized carbons (Fsp3) is 0.667. The summed E-state index contributed by atoms with van der Waals surface area (Å²) in [5.74, 6) is 0. The van der Waals surface area contributed by atoms with Crippen LogP contribution in [0.3, 0.4) is 0 Å². The van der Waals surface area contributed by atoms with Crippen LogP contribution in [0, 0.1) is 0 Å². The first-order valence-electron chi connectivity index (χ1n) is 6.25. The molecule has 0 saturated heterocycles. The van der Waals surface area contributed by atoms with Gasteiger partial charge in [0.05, 0.1) is 24.0 Å². The molecule has 6 nitrogen and oxygen atoms in total. The number of urea groups is 1. The Morgan fingerprint density at radius 2 is 2.28 bits per heavy atom. The van der Waals surface area contributed by atoms with Crippen molar-refractivity contribution < 1.29 is 9.90 Å². The van der Waals surface area contributed by atoms with Gasteiger partial charge < -0.3 is 15.7 Å². The lowest BCUT2D eigenvalue weighted by Gasteiger charge is -2.26. The molecule has 1 atom stereocenters. The molecule has 1 aromatic heterocycles. The van der Waals surface area contributed by atoms with Gasteiger partial charge in [-0.2, -0.15) is 5.10 Å². The van der Waals surface area contributed by atoms with Gasteiger partial charge in [-0.05, 0) is 19.8 Å². The predicted octanol–water partition coefficient (Wildman–Crippen LogP) is 1.58. The standard InChI is InChI=1S/C12H22N4O2/c1-4-6-16-8-10(7-13-16)14-11(18)15-12(3,5-2)9-17/h7-8,17H,4-6,9H2,1-3H3,(H2,14,15,18). The third-order valence-electron chi connectivity index (χ3n) is 2.89. The summed E-state index contributed by atoms with van der Waals surface area (Å²) in [7, 11) is 0. The number of nitrogens with one attached hydrogen (secondary N) is 2. The Morgan fingerprint density at radius 3 is 2.83 bits per heavy atom. The van der Waals surface area contributed by atoms with Crippen LogP contribution in [0.4, 0.5) is 10.5 Å². The quantitative estimate of drug-likeness (QED) is 0.721. The van der Waals surface area contributed by atoms with Gasteiger partial charge in [-0.25, -0.2) is 4.79 Å². The Hall–Kier alpha value is -1.56. The molecule has 0 spiro atoms. The second kappa shape index (κ2) is 6.39. The van der Waals surface area contributed by atoms with Gasteiger partial charge >= 0.3 is 6.03 Å². The van der Waals surface area contributed by atoms with Crippen LogP contribution in [0.1, 0.15) is 33.6 Å². The number of hydrogen-bond acceptors (Lipinski definition) is 3. The number of anilines is 1. The first-order chi connectivity index (χ1) is 8.53. The van der Waals surface area contributed by atoms with E-state index in [0.29, 0.717) is 12.1 Å². The van der Waals surface area contributed by atoms with Crippen molar-refractivity contribution in [3.63, 3.8) is 0 Å². The molecule has 0 aliphatic carbocycles. The SMILES string of the molecule is CCCn1cc(NC(=O)NC(C)(CC)CO)cn1. The number of nitrogens with zero attached hydrogens (tertiary/aromatic N) is 2. The Labute approximate surface area is 107 Å². The van der Waals surface area contributed by atoms with Crippen LogP contribution in [0.25, 0.3) is 0 Å². The number of aliphatic hydroxyl groups excluding tert-OH is 1. The topological polar surface area (TPSA) is 79.2 Å². The maximum atomic E-state index is 11.7. The summed E-state index contributed by atoms with van der Waals surface area (Å²) in [6, 6.07) is -0.329. The maximum Gasteiger partial charge on any atom is 0.319 e. The number of aliphatic hydroxyl groups is 1. The van der Waals surface area contributed by atoms with Crippen LogP contribution in [-0.4, -0.2) is 33.1 Å². The molecule has 3 N–H and O–H groups in total. The van der Waals surface area contributed by atoms with E-state index in [9.17, 15) is 9.90 Å². The van der Waals surface area contributed by atoms with Gasteiger partial charge in [0, 0.05) is 12.7 Å². The summed E-state index contributed by atoms with van der Waals surface area (Å²) in [4.78, 5) is 11.7. The zero-order valence-corrected chi connectivity index (χ0v) is 11.2. The maximum absolute atomic E-state index is 11.7. The van der Waals surface area contributed by atoms with Gasteiger partial charge in [0.25, 0.3) is 0 Å². The molecule has 1 rings (SSSR count). The molecular formula is C12H22N4O2. The molecule has 0 saturated carbocycles. The van der Waals surface area contributed by atoms with Crippen LogP contribution < -0.4 is 10.6 Å². The molecule has 0 aromatic carbocycles. The van der Waals surface area contributed by atoms with Gasteiger partial charge in [-0.3, -0.25) is 4.68 Å². The lowest BCUT2D eigenvalue weighted by atomic mass is 10.0. The van der Waals surface area contributed by atoms with Crippen molar-refractivity contribution in [1.82, 2.24) is 15.1 Å². The largest absolute Gasteiger partial charge is 0.394 e. The smallest absolute Gasteiger partial charge is 0.319 e. The minimum absolute atomic E-state index is 0.0913. The van der Waals surface area contributed by atoms with E-state index in [2.05, 4.69) is 22.7 Å². The highest BCUT2D eigenvalue weighted by molar-refractivity contribution is 5.89. The van der Waals surface area contributed by atoms with E-state index in [1.54, 1.807) is 24.0 Å². The summed E-state index contributed by atoms with van der Waals surface area (Å²) in [6.07, 6.45) is 5.04. The Bertz CT molecular complexity index is 385. The van der Waals surface area contributed by atoms with Crippen molar-refractivity contribution in [2.24, 2.45) is 0 Å². The first kappa shape index (κ1) is 14.5. The summed E-state index contributed by atoms with van der Waals surface area (Å²) >= 11 is 0. The number of carbonyl (C=O) groups excluding carboxylic acids is 1. The predicted molar refractivity (Wildman–Crippen MR) is 70.5 cm³/mol. The van der Waals surface area contributed by atoms with Crippen molar-refractivity contribution >= 4 is 11.7 Å². The fourth-order valence-corrected chi connectivity index (χ4v) is 1.46. The van der Waals surface area contributed by atoms with Gasteiger partial charge in [0.1, 0.15) is 0 Å². The molecule has 2 amide bonds. The van der Waals surface area contributed by atoms with E-state index >= 15 is 0 Å².